The molecule has 3 N–H and O–H groups in total. The Morgan fingerprint density at radius 1 is 1.14 bits per heavy atom. The number of thiophene rings is 1. The second-order valence-corrected chi connectivity index (χ2v) is 15.5. The lowest BCUT2D eigenvalue weighted by Gasteiger charge is -2.35. The third-order valence-electron chi connectivity index (χ3n) is 8.87. The average molecular weight is 714 g/mol. The molecule has 2 aromatic rings. The first kappa shape index (κ1) is 36.3. The van der Waals surface area contributed by atoms with Crippen LogP contribution < -0.4 is 16.0 Å². The predicted octanol–water partition coefficient (Wildman–Crippen LogP) is 4.38. The molecule has 3 heterocycles. The van der Waals surface area contributed by atoms with E-state index in [4.69, 9.17) is 21.2 Å². The molecule has 14 heteroatoms. The predicted molar refractivity (Wildman–Crippen MR) is 185 cm³/mol. The zero-order valence-electron chi connectivity index (χ0n) is 28.3. The van der Waals surface area contributed by atoms with Crippen molar-refractivity contribution in [3.63, 3.8) is 0 Å². The number of halogens is 1. The van der Waals surface area contributed by atoms with Gasteiger partial charge >= 0.3 is 6.09 Å². The smallest absolute Gasteiger partial charge is 0.407 e. The molecular weight excluding hydrogens is 670 g/mol. The summed E-state index contributed by atoms with van der Waals surface area (Å²) in [7, 11) is 0. The van der Waals surface area contributed by atoms with Crippen LogP contribution >= 0.6 is 22.9 Å². The number of carbonyl (C=O) groups excluding carboxylic acids is 5. The van der Waals surface area contributed by atoms with Gasteiger partial charge in [0.1, 0.15) is 12.1 Å². The number of oxime groups is 1. The Bertz CT molecular complexity index is 1590. The lowest BCUT2D eigenvalue weighted by molar-refractivity contribution is -0.144. The second-order valence-electron chi connectivity index (χ2n) is 14.1. The molecule has 0 bridgehead atoms. The highest BCUT2D eigenvalue weighted by Crippen LogP contribution is 2.40. The van der Waals surface area contributed by atoms with Crippen LogP contribution in [0.5, 0.6) is 0 Å². The molecule has 1 spiro atoms. The fourth-order valence-electron chi connectivity index (χ4n) is 6.09. The van der Waals surface area contributed by atoms with Gasteiger partial charge in [0, 0.05) is 40.8 Å². The maximum absolute atomic E-state index is 14.5. The number of Topliss-reactive ketones (excluding diaryl/α,β-unsaturated/α-hetero) is 1. The van der Waals surface area contributed by atoms with Crippen molar-refractivity contribution in [2.75, 3.05) is 13.2 Å². The van der Waals surface area contributed by atoms with Crippen LogP contribution in [0.4, 0.5) is 4.79 Å². The van der Waals surface area contributed by atoms with Crippen molar-refractivity contribution in [1.29, 1.82) is 0 Å². The van der Waals surface area contributed by atoms with Gasteiger partial charge < -0.3 is 30.4 Å². The Morgan fingerprint density at radius 2 is 1.92 bits per heavy atom. The monoisotopic (exact) mass is 713 g/mol. The van der Waals surface area contributed by atoms with E-state index in [1.165, 1.54) is 4.90 Å². The number of hydrogen-bond acceptors (Lipinski definition) is 9. The van der Waals surface area contributed by atoms with Gasteiger partial charge in [0.05, 0.1) is 24.9 Å². The largest absolute Gasteiger partial charge is 0.449 e. The molecule has 2 aliphatic heterocycles. The molecule has 0 unspecified atom stereocenters. The lowest BCUT2D eigenvalue weighted by Crippen LogP contribution is -2.59. The Kier molecular flexibility index (Phi) is 11.3. The number of rotatable bonds is 13. The standard InChI is InChI=1S/C35H44ClN5O7S/c1-5-8-25(28(42)31(44)37-23-12-13-23)38-30(43)27-19-35(18-26(40-48-35)21-9-6-10-22(36)17-21)20-41(27)32(45)29(34(2,3)4)39-33(46)47-15-14-24-11-7-16-49-24/h6-7,9-11,16-17,23,25,27,29H,5,8,12-15,18-20H2,1-4H3,(H,37,44)(H,38,43)(H,39,46)/t25-,27-,29+,35+/m0/s1. The van der Waals surface area contributed by atoms with Crippen LogP contribution in [0.25, 0.3) is 0 Å². The van der Waals surface area contributed by atoms with E-state index in [9.17, 15) is 24.0 Å². The number of ketones is 1. The molecular formula is C35H44ClN5O7S. The highest BCUT2D eigenvalue weighted by Gasteiger charge is 2.55. The van der Waals surface area contributed by atoms with Crippen LogP contribution in [0.3, 0.4) is 0 Å². The number of hydrogen-bond donors (Lipinski definition) is 3. The molecule has 1 aromatic heterocycles. The molecule has 264 valence electrons. The molecule has 0 radical (unpaired) electrons. The maximum atomic E-state index is 14.5. The topological polar surface area (TPSA) is 156 Å². The van der Waals surface area contributed by atoms with Crippen molar-refractivity contribution in [3.05, 3.63) is 57.2 Å². The summed E-state index contributed by atoms with van der Waals surface area (Å²) < 4.78 is 5.43. The molecule has 12 nitrogen and oxygen atoms in total. The number of nitrogens with one attached hydrogen (secondary N) is 3. The quantitative estimate of drug-likeness (QED) is 0.260. The maximum Gasteiger partial charge on any atom is 0.407 e. The summed E-state index contributed by atoms with van der Waals surface area (Å²) in [5.74, 6) is -2.56. The highest BCUT2D eigenvalue weighted by atomic mass is 35.5. The summed E-state index contributed by atoms with van der Waals surface area (Å²) in [5.41, 5.74) is -0.454. The van der Waals surface area contributed by atoms with Gasteiger partial charge in [-0.2, -0.15) is 0 Å². The summed E-state index contributed by atoms with van der Waals surface area (Å²) in [6.07, 6.45) is 2.57. The number of ether oxygens (including phenoxy) is 1. The van der Waals surface area contributed by atoms with Crippen molar-refractivity contribution in [2.45, 2.75) is 102 Å². The summed E-state index contributed by atoms with van der Waals surface area (Å²) >= 11 is 7.79. The Balaban J connectivity index is 1.36. The molecule has 3 aliphatic rings. The zero-order valence-corrected chi connectivity index (χ0v) is 29.8. The summed E-state index contributed by atoms with van der Waals surface area (Å²) in [4.78, 5) is 75.8. The first-order valence-electron chi connectivity index (χ1n) is 16.7. The first-order valence-corrected chi connectivity index (χ1v) is 18.0. The van der Waals surface area contributed by atoms with E-state index in [0.29, 0.717) is 30.0 Å². The molecule has 5 rings (SSSR count). The van der Waals surface area contributed by atoms with Crippen LogP contribution in [-0.2, 0) is 35.2 Å². The van der Waals surface area contributed by atoms with Gasteiger partial charge in [-0.1, -0.05) is 69.1 Å². The minimum absolute atomic E-state index is 0.00622. The molecule has 4 atom stereocenters. The number of benzene rings is 1. The van der Waals surface area contributed by atoms with Gasteiger partial charge in [0.25, 0.3) is 5.91 Å². The molecule has 2 fully saturated rings. The van der Waals surface area contributed by atoms with Crippen molar-refractivity contribution in [3.8, 4) is 0 Å². The van der Waals surface area contributed by atoms with Crippen LogP contribution in [-0.4, -0.2) is 83.1 Å². The number of alkyl carbamates (subject to hydrolysis) is 1. The Labute approximate surface area is 295 Å². The van der Waals surface area contributed by atoms with Gasteiger partial charge in [0.2, 0.25) is 17.6 Å². The third-order valence-corrected chi connectivity index (χ3v) is 10.0. The first-order chi connectivity index (χ1) is 23.3. The molecule has 1 saturated carbocycles. The number of likely N-dealkylation sites (tertiary alicyclic amines) is 1. The lowest BCUT2D eigenvalue weighted by atomic mass is 9.85. The average Bonchev–Trinajstić information content (AvgIpc) is 3.40. The van der Waals surface area contributed by atoms with E-state index in [1.54, 1.807) is 29.5 Å². The van der Waals surface area contributed by atoms with Crippen molar-refractivity contribution in [2.24, 2.45) is 10.6 Å². The van der Waals surface area contributed by atoms with Crippen LogP contribution in [0, 0.1) is 5.41 Å². The molecule has 49 heavy (non-hydrogen) atoms. The van der Waals surface area contributed by atoms with Crippen LogP contribution in [0.2, 0.25) is 5.02 Å². The molecule has 1 saturated heterocycles. The SMILES string of the molecule is CCC[C@H](NC(=O)[C@@H]1C[C@]2(CC(c3cccc(Cl)c3)=NO2)CN1C(=O)[C@@H](NC(=O)OCCc1cccs1)C(C)(C)C)C(=O)C(=O)NC1CC1. The normalized spacial score (nSPS) is 21.4. The number of nitrogens with zero attached hydrogens (tertiary/aromatic N) is 2. The van der Waals surface area contributed by atoms with Gasteiger partial charge in [-0.3, -0.25) is 19.2 Å². The minimum Gasteiger partial charge on any atom is -0.449 e. The van der Waals surface area contributed by atoms with Gasteiger partial charge in [0.15, 0.2) is 5.60 Å². The molecule has 1 aromatic carbocycles. The fourth-order valence-corrected chi connectivity index (χ4v) is 6.97. The van der Waals surface area contributed by atoms with E-state index in [1.807, 2.05) is 51.3 Å². The van der Waals surface area contributed by atoms with Gasteiger partial charge in [-0.05, 0) is 48.3 Å². The highest BCUT2D eigenvalue weighted by molar-refractivity contribution is 7.09. The number of carbonyl (C=O) groups is 5. The van der Waals surface area contributed by atoms with Crippen LogP contribution in [0.15, 0.2) is 46.9 Å². The number of amides is 4. The fraction of sp³-hybridized carbons (Fsp3) is 0.543. The molecule has 1 aliphatic carbocycles. The van der Waals surface area contributed by atoms with Crippen molar-refractivity contribution >= 4 is 58.2 Å². The van der Waals surface area contributed by atoms with E-state index in [2.05, 4.69) is 21.1 Å². The Hall–Kier alpha value is -3.97. The second kappa shape index (κ2) is 15.3. The van der Waals surface area contributed by atoms with Crippen molar-refractivity contribution < 1.29 is 33.5 Å². The third kappa shape index (κ3) is 9.18. The van der Waals surface area contributed by atoms with E-state index < -0.39 is 58.7 Å². The summed E-state index contributed by atoms with van der Waals surface area (Å²) in [5, 5.41) is 15.0. The van der Waals surface area contributed by atoms with Crippen molar-refractivity contribution in [1.82, 2.24) is 20.9 Å². The van der Waals surface area contributed by atoms with Gasteiger partial charge in [-0.25, -0.2) is 4.79 Å². The van der Waals surface area contributed by atoms with Crippen LogP contribution in [0.1, 0.15) is 76.7 Å². The summed E-state index contributed by atoms with van der Waals surface area (Å²) in [6.45, 7) is 7.41. The van der Waals surface area contributed by atoms with E-state index >= 15 is 0 Å². The van der Waals surface area contributed by atoms with E-state index in [-0.39, 0.29) is 32.0 Å². The Morgan fingerprint density at radius 3 is 2.57 bits per heavy atom. The van der Waals surface area contributed by atoms with Gasteiger partial charge in [-0.15, -0.1) is 11.3 Å². The molecule has 4 amide bonds. The zero-order chi connectivity index (χ0) is 35.3. The summed E-state index contributed by atoms with van der Waals surface area (Å²) in [6, 6.07) is 7.80. The van der Waals surface area contributed by atoms with E-state index in [0.717, 1.165) is 23.3 Å². The minimum atomic E-state index is -1.08.